The first-order valence-corrected chi connectivity index (χ1v) is 6.62. The van der Waals surface area contributed by atoms with E-state index in [2.05, 4.69) is 4.90 Å². The van der Waals surface area contributed by atoms with Crippen molar-refractivity contribution >= 4 is 5.78 Å². The molecule has 0 bridgehead atoms. The van der Waals surface area contributed by atoms with E-state index in [0.29, 0.717) is 5.78 Å². The Balaban J connectivity index is 1.64. The zero-order chi connectivity index (χ0) is 10.3. The predicted octanol–water partition coefficient (Wildman–Crippen LogP) is 2.37. The molecule has 0 N–H and O–H groups in total. The number of hydrogen-bond acceptors (Lipinski definition) is 2. The van der Waals surface area contributed by atoms with E-state index >= 15 is 0 Å². The molecule has 2 unspecified atom stereocenters. The van der Waals surface area contributed by atoms with Crippen molar-refractivity contribution < 1.29 is 4.79 Å². The molecule has 1 aliphatic heterocycles. The number of hydrogen-bond donors (Lipinski definition) is 0. The van der Waals surface area contributed by atoms with Crippen LogP contribution in [0.1, 0.15) is 51.4 Å². The van der Waals surface area contributed by atoms with E-state index in [1.807, 2.05) is 0 Å². The van der Waals surface area contributed by atoms with Crippen LogP contribution in [0.15, 0.2) is 0 Å². The second kappa shape index (κ2) is 3.89. The molecule has 0 aromatic carbocycles. The van der Waals surface area contributed by atoms with Crippen molar-refractivity contribution in [2.24, 2.45) is 5.92 Å². The molecule has 2 heteroatoms. The van der Waals surface area contributed by atoms with E-state index in [4.69, 9.17) is 0 Å². The first-order valence-electron chi connectivity index (χ1n) is 6.62. The van der Waals surface area contributed by atoms with E-state index in [-0.39, 0.29) is 0 Å². The molecule has 1 saturated heterocycles. The van der Waals surface area contributed by atoms with Crippen molar-refractivity contribution in [1.82, 2.24) is 4.90 Å². The maximum absolute atomic E-state index is 11.2. The van der Waals surface area contributed by atoms with Crippen molar-refractivity contribution in [1.29, 1.82) is 0 Å². The van der Waals surface area contributed by atoms with Crippen molar-refractivity contribution in [3.05, 3.63) is 0 Å². The summed E-state index contributed by atoms with van der Waals surface area (Å²) in [5.41, 5.74) is 0. The molecule has 2 aliphatic carbocycles. The normalized spacial score (nSPS) is 38.5. The molecule has 0 spiro atoms. The Morgan fingerprint density at radius 3 is 2.60 bits per heavy atom. The Morgan fingerprint density at radius 2 is 1.80 bits per heavy atom. The summed E-state index contributed by atoms with van der Waals surface area (Å²) in [5.74, 6) is 1.50. The summed E-state index contributed by atoms with van der Waals surface area (Å²) in [7, 11) is 0. The SMILES string of the molecule is O=C1CCC(N2CCC3CCCC32)CC1. The highest BCUT2D eigenvalue weighted by molar-refractivity contribution is 5.79. The molecule has 3 fully saturated rings. The molecule has 3 rings (SSSR count). The summed E-state index contributed by atoms with van der Waals surface area (Å²) < 4.78 is 0. The van der Waals surface area contributed by atoms with Crippen molar-refractivity contribution in [2.75, 3.05) is 6.54 Å². The lowest BCUT2D eigenvalue weighted by atomic mass is 9.92. The fourth-order valence-corrected chi connectivity index (χ4v) is 3.98. The zero-order valence-corrected chi connectivity index (χ0v) is 9.45. The molecule has 2 atom stereocenters. The third-order valence-electron chi connectivity index (χ3n) is 4.78. The molecule has 0 radical (unpaired) electrons. The maximum atomic E-state index is 11.2. The first kappa shape index (κ1) is 9.83. The Bertz CT molecular complexity index is 253. The van der Waals surface area contributed by atoms with Gasteiger partial charge in [0.25, 0.3) is 0 Å². The van der Waals surface area contributed by atoms with Crippen molar-refractivity contribution in [2.45, 2.75) is 63.5 Å². The van der Waals surface area contributed by atoms with Gasteiger partial charge in [-0.25, -0.2) is 0 Å². The van der Waals surface area contributed by atoms with E-state index in [9.17, 15) is 4.79 Å². The lowest BCUT2D eigenvalue weighted by Crippen LogP contribution is -2.41. The van der Waals surface area contributed by atoms with Crippen LogP contribution in [-0.4, -0.2) is 29.3 Å². The van der Waals surface area contributed by atoms with Crippen LogP contribution >= 0.6 is 0 Å². The molecule has 0 amide bonds. The van der Waals surface area contributed by atoms with Gasteiger partial charge in [0.15, 0.2) is 0 Å². The highest BCUT2D eigenvalue weighted by Crippen LogP contribution is 2.40. The van der Waals surface area contributed by atoms with Gasteiger partial charge in [0.1, 0.15) is 5.78 Å². The molecule has 84 valence electrons. The Hall–Kier alpha value is -0.370. The van der Waals surface area contributed by atoms with Crippen LogP contribution in [0.25, 0.3) is 0 Å². The third-order valence-corrected chi connectivity index (χ3v) is 4.78. The molecule has 2 saturated carbocycles. The number of likely N-dealkylation sites (tertiary alicyclic amines) is 1. The van der Waals surface area contributed by atoms with Gasteiger partial charge in [-0.2, -0.15) is 0 Å². The molecule has 1 heterocycles. The van der Waals surface area contributed by atoms with Gasteiger partial charge in [-0.1, -0.05) is 6.42 Å². The van der Waals surface area contributed by atoms with Crippen molar-refractivity contribution in [3.63, 3.8) is 0 Å². The van der Waals surface area contributed by atoms with Crippen LogP contribution in [0, 0.1) is 5.92 Å². The number of ketones is 1. The van der Waals surface area contributed by atoms with Crippen LogP contribution in [0.4, 0.5) is 0 Å². The molecule has 2 nitrogen and oxygen atoms in total. The van der Waals surface area contributed by atoms with Gasteiger partial charge in [0.2, 0.25) is 0 Å². The average molecular weight is 207 g/mol. The topological polar surface area (TPSA) is 20.3 Å². The summed E-state index contributed by atoms with van der Waals surface area (Å²) in [6.07, 6.45) is 9.73. The van der Waals surface area contributed by atoms with Crippen LogP contribution in [0.2, 0.25) is 0 Å². The molecule has 0 aromatic heterocycles. The van der Waals surface area contributed by atoms with Gasteiger partial charge < -0.3 is 0 Å². The Labute approximate surface area is 92.0 Å². The minimum absolute atomic E-state index is 0.494. The quantitative estimate of drug-likeness (QED) is 0.658. The smallest absolute Gasteiger partial charge is 0.133 e. The van der Waals surface area contributed by atoms with Crippen LogP contribution in [0.5, 0.6) is 0 Å². The maximum Gasteiger partial charge on any atom is 0.133 e. The van der Waals surface area contributed by atoms with Gasteiger partial charge in [-0.3, -0.25) is 9.69 Å². The van der Waals surface area contributed by atoms with Gasteiger partial charge in [0, 0.05) is 24.9 Å². The molecular weight excluding hydrogens is 186 g/mol. The summed E-state index contributed by atoms with van der Waals surface area (Å²) in [6.45, 7) is 1.31. The second-order valence-electron chi connectivity index (χ2n) is 5.55. The number of Topliss-reactive ketones (excluding diaryl/α,β-unsaturated/α-hetero) is 1. The summed E-state index contributed by atoms with van der Waals surface area (Å²) in [4.78, 5) is 14.0. The number of nitrogens with zero attached hydrogens (tertiary/aromatic N) is 1. The van der Waals surface area contributed by atoms with Gasteiger partial charge in [-0.15, -0.1) is 0 Å². The highest BCUT2D eigenvalue weighted by Gasteiger charge is 2.40. The lowest BCUT2D eigenvalue weighted by Gasteiger charge is -2.34. The average Bonchev–Trinajstić information content (AvgIpc) is 2.80. The number of carbonyl (C=O) groups is 1. The van der Waals surface area contributed by atoms with Crippen molar-refractivity contribution in [3.8, 4) is 0 Å². The molecule has 0 aromatic rings. The molecular formula is C13H21NO. The monoisotopic (exact) mass is 207 g/mol. The molecule has 3 aliphatic rings. The Kier molecular flexibility index (Phi) is 2.55. The molecule has 15 heavy (non-hydrogen) atoms. The zero-order valence-electron chi connectivity index (χ0n) is 9.45. The number of rotatable bonds is 1. The summed E-state index contributed by atoms with van der Waals surface area (Å²) >= 11 is 0. The third kappa shape index (κ3) is 1.73. The first-order chi connectivity index (χ1) is 7.34. The minimum atomic E-state index is 0.494. The number of carbonyl (C=O) groups excluding carboxylic acids is 1. The number of fused-ring (bicyclic) bond motifs is 1. The fraction of sp³-hybridized carbons (Fsp3) is 0.923. The van der Waals surface area contributed by atoms with Crippen LogP contribution < -0.4 is 0 Å². The standard InChI is InChI=1S/C13H21NO/c15-12-6-4-11(5-7-12)14-9-8-10-2-1-3-13(10)14/h10-11,13H,1-9H2. The van der Waals surface area contributed by atoms with Crippen LogP contribution in [0.3, 0.4) is 0 Å². The lowest BCUT2D eigenvalue weighted by molar-refractivity contribution is -0.121. The minimum Gasteiger partial charge on any atom is -0.300 e. The fourth-order valence-electron chi connectivity index (χ4n) is 3.98. The van der Waals surface area contributed by atoms with E-state index in [1.165, 1.54) is 32.2 Å². The second-order valence-corrected chi connectivity index (χ2v) is 5.55. The van der Waals surface area contributed by atoms with E-state index in [1.54, 1.807) is 0 Å². The Morgan fingerprint density at radius 1 is 1.00 bits per heavy atom. The predicted molar refractivity (Wildman–Crippen MR) is 59.7 cm³/mol. The van der Waals surface area contributed by atoms with Gasteiger partial charge in [-0.05, 0) is 44.6 Å². The van der Waals surface area contributed by atoms with E-state index in [0.717, 1.165) is 43.7 Å². The summed E-state index contributed by atoms with van der Waals surface area (Å²) in [6, 6.07) is 1.64. The highest BCUT2D eigenvalue weighted by atomic mass is 16.1. The summed E-state index contributed by atoms with van der Waals surface area (Å²) in [5, 5.41) is 0. The van der Waals surface area contributed by atoms with Gasteiger partial charge >= 0.3 is 0 Å². The van der Waals surface area contributed by atoms with E-state index < -0.39 is 0 Å². The van der Waals surface area contributed by atoms with Crippen LogP contribution in [-0.2, 0) is 4.79 Å². The largest absolute Gasteiger partial charge is 0.300 e. The van der Waals surface area contributed by atoms with Gasteiger partial charge in [0.05, 0.1) is 0 Å².